The number of hydrogen-bond acceptors (Lipinski definition) is 5. The average molecular weight is 383 g/mol. The highest BCUT2D eigenvalue weighted by atomic mass is 16.5. The number of carbonyl (C=O) groups is 1. The summed E-state index contributed by atoms with van der Waals surface area (Å²) in [5, 5.41) is 5.85. The van der Waals surface area contributed by atoms with Crippen LogP contribution in [0.15, 0.2) is 41.7 Å². The van der Waals surface area contributed by atoms with Crippen LogP contribution in [-0.2, 0) is 11.3 Å². The van der Waals surface area contributed by atoms with E-state index in [2.05, 4.69) is 25.6 Å². The van der Waals surface area contributed by atoms with E-state index in [4.69, 9.17) is 16.2 Å². The van der Waals surface area contributed by atoms with E-state index in [1.165, 1.54) is 0 Å². The van der Waals surface area contributed by atoms with Gasteiger partial charge in [0.05, 0.1) is 6.10 Å². The number of benzene rings is 1. The largest absolute Gasteiger partial charge is 0.378 e. The molecule has 0 saturated carbocycles. The van der Waals surface area contributed by atoms with Crippen LogP contribution in [0.4, 0.5) is 10.7 Å². The summed E-state index contributed by atoms with van der Waals surface area (Å²) in [6, 6.07) is 7.16. The number of amides is 2. The number of hydrogen-bond donors (Lipinski definition) is 4. The normalized spacial score (nSPS) is 15.8. The first-order valence-corrected chi connectivity index (χ1v) is 9.24. The van der Waals surface area contributed by atoms with Crippen LogP contribution in [0.5, 0.6) is 0 Å². The number of nitrogens with zero attached hydrogens (tertiary/aromatic N) is 3. The van der Waals surface area contributed by atoms with E-state index >= 15 is 0 Å². The third-order valence-corrected chi connectivity index (χ3v) is 4.36. The second-order valence-corrected chi connectivity index (χ2v) is 6.54. The van der Waals surface area contributed by atoms with E-state index in [9.17, 15) is 4.79 Å². The van der Waals surface area contributed by atoms with Crippen LogP contribution in [-0.4, -0.2) is 41.2 Å². The van der Waals surface area contributed by atoms with Crippen molar-refractivity contribution in [2.75, 3.05) is 18.5 Å². The van der Waals surface area contributed by atoms with Crippen LogP contribution < -0.4 is 22.1 Å². The van der Waals surface area contributed by atoms with Crippen molar-refractivity contribution in [1.82, 2.24) is 15.3 Å². The molecule has 3 rings (SSSR count). The molecule has 0 spiro atoms. The van der Waals surface area contributed by atoms with Gasteiger partial charge in [-0.2, -0.15) is 4.99 Å². The van der Waals surface area contributed by atoms with Gasteiger partial charge in [0.1, 0.15) is 0 Å². The van der Waals surface area contributed by atoms with Crippen molar-refractivity contribution in [3.8, 4) is 11.1 Å². The molecule has 1 aliphatic heterocycles. The Bertz CT molecular complexity index is 813. The monoisotopic (exact) mass is 383 g/mol. The maximum atomic E-state index is 11.5. The van der Waals surface area contributed by atoms with Crippen molar-refractivity contribution in [1.29, 1.82) is 0 Å². The Hall–Kier alpha value is -3.20. The van der Waals surface area contributed by atoms with Crippen molar-refractivity contribution >= 4 is 17.9 Å². The van der Waals surface area contributed by atoms with Gasteiger partial charge >= 0.3 is 6.03 Å². The third-order valence-electron chi connectivity index (χ3n) is 4.36. The minimum Gasteiger partial charge on any atom is -0.378 e. The third kappa shape index (κ3) is 5.92. The van der Waals surface area contributed by atoms with E-state index < -0.39 is 6.03 Å². The quantitative estimate of drug-likeness (QED) is 0.420. The van der Waals surface area contributed by atoms with E-state index in [1.54, 1.807) is 12.4 Å². The SMILES string of the molecule is NC(N)=NC(=O)NCc1cccc(-c2cnc(NCCC3CCCO3)nc2)c1. The van der Waals surface area contributed by atoms with Gasteiger partial charge in [0.25, 0.3) is 0 Å². The van der Waals surface area contributed by atoms with Crippen LogP contribution in [0.25, 0.3) is 11.1 Å². The summed E-state index contributed by atoms with van der Waals surface area (Å²) >= 11 is 0. The number of nitrogens with one attached hydrogen (secondary N) is 2. The Balaban J connectivity index is 1.54. The summed E-state index contributed by atoms with van der Waals surface area (Å²) in [5.74, 6) is 0.329. The minimum atomic E-state index is -0.577. The number of guanidine groups is 1. The predicted molar refractivity (Wildman–Crippen MR) is 108 cm³/mol. The number of anilines is 1. The van der Waals surface area contributed by atoms with Crippen LogP contribution in [0.1, 0.15) is 24.8 Å². The number of nitrogens with two attached hydrogens (primary N) is 2. The van der Waals surface area contributed by atoms with Gasteiger partial charge in [-0.1, -0.05) is 18.2 Å². The van der Waals surface area contributed by atoms with E-state index in [0.29, 0.717) is 18.6 Å². The highest BCUT2D eigenvalue weighted by molar-refractivity contribution is 5.90. The molecule has 1 aliphatic rings. The molecule has 2 aromatic rings. The fourth-order valence-electron chi connectivity index (χ4n) is 2.98. The molecule has 2 amide bonds. The molecular formula is C19H25N7O2. The van der Waals surface area contributed by atoms with E-state index in [0.717, 1.165) is 49.1 Å². The maximum Gasteiger partial charge on any atom is 0.344 e. The zero-order valence-corrected chi connectivity index (χ0v) is 15.6. The molecule has 2 heterocycles. The van der Waals surface area contributed by atoms with Crippen molar-refractivity contribution in [3.05, 3.63) is 42.2 Å². The molecule has 1 aromatic heterocycles. The average Bonchev–Trinajstić information content (AvgIpc) is 3.20. The summed E-state index contributed by atoms with van der Waals surface area (Å²) in [4.78, 5) is 23.7. The standard InChI is InChI=1S/C19H25N7O2/c20-17(21)26-19(27)25-10-13-3-1-4-14(9-13)15-11-23-18(24-12-15)22-7-6-16-5-2-8-28-16/h1,3-4,9,11-12,16H,2,5-8,10H2,(H,22,23,24)(H5,20,21,25,26,27). The molecule has 28 heavy (non-hydrogen) atoms. The molecular weight excluding hydrogens is 358 g/mol. The van der Waals surface area contributed by atoms with Gasteiger partial charge in [-0.15, -0.1) is 0 Å². The van der Waals surface area contributed by atoms with Crippen molar-refractivity contribution in [2.45, 2.75) is 31.9 Å². The van der Waals surface area contributed by atoms with Crippen molar-refractivity contribution in [3.63, 3.8) is 0 Å². The second-order valence-electron chi connectivity index (χ2n) is 6.54. The fraction of sp³-hybridized carbons (Fsp3) is 0.368. The van der Waals surface area contributed by atoms with Crippen LogP contribution in [0.2, 0.25) is 0 Å². The number of urea groups is 1. The molecule has 0 radical (unpaired) electrons. The Labute approximate surface area is 163 Å². The molecule has 6 N–H and O–H groups in total. The number of carbonyl (C=O) groups excluding carboxylic acids is 1. The zero-order chi connectivity index (χ0) is 19.8. The summed E-state index contributed by atoms with van der Waals surface area (Å²) in [5.41, 5.74) is 13.1. The highest BCUT2D eigenvalue weighted by Crippen LogP contribution is 2.20. The van der Waals surface area contributed by atoms with E-state index in [1.807, 2.05) is 24.3 Å². The fourth-order valence-corrected chi connectivity index (χ4v) is 2.98. The molecule has 0 aliphatic carbocycles. The van der Waals surface area contributed by atoms with Gasteiger partial charge in [0.2, 0.25) is 5.95 Å². The first-order chi connectivity index (χ1) is 13.6. The summed E-state index contributed by atoms with van der Waals surface area (Å²) in [7, 11) is 0. The van der Waals surface area contributed by atoms with Crippen LogP contribution in [0.3, 0.4) is 0 Å². The molecule has 0 bridgehead atoms. The Morgan fingerprint density at radius 1 is 1.25 bits per heavy atom. The first-order valence-electron chi connectivity index (χ1n) is 9.24. The van der Waals surface area contributed by atoms with Gasteiger partial charge in [0.15, 0.2) is 5.96 Å². The molecule has 1 aromatic carbocycles. The molecule has 148 valence electrons. The summed E-state index contributed by atoms with van der Waals surface area (Å²) in [6.45, 7) is 1.97. The maximum absolute atomic E-state index is 11.5. The molecule has 1 saturated heterocycles. The number of ether oxygens (including phenoxy) is 1. The zero-order valence-electron chi connectivity index (χ0n) is 15.6. The van der Waals surface area contributed by atoms with Gasteiger partial charge in [-0.25, -0.2) is 14.8 Å². The molecule has 9 heteroatoms. The number of aliphatic imine (C=N–C) groups is 1. The minimum absolute atomic E-state index is 0.270. The lowest BCUT2D eigenvalue weighted by molar-refractivity contribution is 0.107. The lowest BCUT2D eigenvalue weighted by Gasteiger charge is -2.10. The molecule has 9 nitrogen and oxygen atoms in total. The smallest absolute Gasteiger partial charge is 0.344 e. The predicted octanol–water partition coefficient (Wildman–Crippen LogP) is 1.61. The molecule has 1 unspecified atom stereocenters. The van der Waals surface area contributed by atoms with Crippen molar-refractivity contribution in [2.24, 2.45) is 16.5 Å². The van der Waals surface area contributed by atoms with Gasteiger partial charge in [-0.05, 0) is 36.5 Å². The van der Waals surface area contributed by atoms with Crippen LogP contribution >= 0.6 is 0 Å². The van der Waals surface area contributed by atoms with Gasteiger partial charge in [-0.3, -0.25) is 0 Å². The lowest BCUT2D eigenvalue weighted by atomic mass is 10.1. The molecule has 1 atom stereocenters. The highest BCUT2D eigenvalue weighted by Gasteiger charge is 2.14. The number of rotatable bonds is 7. The van der Waals surface area contributed by atoms with Gasteiger partial charge < -0.3 is 26.8 Å². The van der Waals surface area contributed by atoms with Crippen LogP contribution in [0, 0.1) is 0 Å². The number of aromatic nitrogens is 2. The summed E-state index contributed by atoms with van der Waals surface area (Å²) < 4.78 is 5.61. The Kier molecular flexibility index (Phi) is 6.74. The Morgan fingerprint density at radius 2 is 2.07 bits per heavy atom. The summed E-state index contributed by atoms with van der Waals surface area (Å²) in [6.07, 6.45) is 7.13. The first kappa shape index (κ1) is 19.6. The van der Waals surface area contributed by atoms with E-state index in [-0.39, 0.29) is 5.96 Å². The molecule has 1 fully saturated rings. The topological polar surface area (TPSA) is 141 Å². The second kappa shape index (κ2) is 9.65. The lowest BCUT2D eigenvalue weighted by Crippen LogP contribution is -2.28. The Morgan fingerprint density at radius 3 is 2.79 bits per heavy atom. The van der Waals surface area contributed by atoms with Gasteiger partial charge in [0, 0.05) is 37.7 Å². The van der Waals surface area contributed by atoms with Crippen molar-refractivity contribution < 1.29 is 9.53 Å².